The summed E-state index contributed by atoms with van der Waals surface area (Å²) in [5.41, 5.74) is 1.80. The molecule has 1 aliphatic rings. The third-order valence-electron chi connectivity index (χ3n) is 4.91. The van der Waals surface area contributed by atoms with E-state index in [2.05, 4.69) is 33.0 Å². The summed E-state index contributed by atoms with van der Waals surface area (Å²) in [6.07, 6.45) is 0. The van der Waals surface area contributed by atoms with Crippen molar-refractivity contribution >= 4 is 11.4 Å². The molecule has 0 saturated heterocycles. The van der Waals surface area contributed by atoms with Gasteiger partial charge in [-0.1, -0.05) is 27.7 Å². The quantitative estimate of drug-likeness (QED) is 0.653. The molecule has 18 heavy (non-hydrogen) atoms. The van der Waals surface area contributed by atoms with Crippen LogP contribution in [0, 0.1) is 26.9 Å². The molecule has 1 N–H and O–H groups in total. The van der Waals surface area contributed by atoms with E-state index in [1.165, 1.54) is 12.1 Å². The molecule has 98 valence electrons. The average Bonchev–Trinajstić information content (AvgIpc) is 2.67. The highest BCUT2D eigenvalue weighted by Gasteiger charge is 2.63. The highest BCUT2D eigenvalue weighted by molar-refractivity contribution is 5.48. The van der Waals surface area contributed by atoms with Gasteiger partial charge in [-0.05, 0) is 28.9 Å². The summed E-state index contributed by atoms with van der Waals surface area (Å²) < 4.78 is 0. The monoisotopic (exact) mass is 248 g/mol. The van der Waals surface area contributed by atoms with Crippen LogP contribution in [0.4, 0.5) is 11.4 Å². The van der Waals surface area contributed by atoms with Gasteiger partial charge in [0.05, 0.1) is 4.92 Å². The van der Waals surface area contributed by atoms with Crippen LogP contribution in [0.1, 0.15) is 27.7 Å². The molecule has 1 saturated carbocycles. The summed E-state index contributed by atoms with van der Waals surface area (Å²) in [5, 5.41) is 13.9. The molecule has 0 unspecified atom stereocenters. The first-order valence-electron chi connectivity index (χ1n) is 6.25. The molecule has 1 aliphatic carbocycles. The Morgan fingerprint density at radius 1 is 1.17 bits per heavy atom. The van der Waals surface area contributed by atoms with Crippen LogP contribution < -0.4 is 5.32 Å². The van der Waals surface area contributed by atoms with Crippen LogP contribution in [-0.2, 0) is 0 Å². The van der Waals surface area contributed by atoms with Crippen molar-refractivity contribution in [3.8, 4) is 0 Å². The lowest BCUT2D eigenvalue weighted by Crippen LogP contribution is -2.07. The Balaban J connectivity index is 1.94. The maximum atomic E-state index is 10.5. The van der Waals surface area contributed by atoms with E-state index < -0.39 is 0 Å². The van der Waals surface area contributed by atoms with Gasteiger partial charge in [0, 0.05) is 24.4 Å². The van der Waals surface area contributed by atoms with Gasteiger partial charge in [0.25, 0.3) is 5.69 Å². The average molecular weight is 248 g/mol. The van der Waals surface area contributed by atoms with E-state index in [1.807, 2.05) is 0 Å². The molecule has 0 atom stereocenters. The number of nitrogens with one attached hydrogen (secondary N) is 1. The lowest BCUT2D eigenvalue weighted by Gasteiger charge is -2.07. The number of nitrogens with zero attached hydrogens (tertiary/aromatic N) is 1. The van der Waals surface area contributed by atoms with Gasteiger partial charge in [-0.3, -0.25) is 10.1 Å². The van der Waals surface area contributed by atoms with Gasteiger partial charge in [0.1, 0.15) is 0 Å². The van der Waals surface area contributed by atoms with E-state index in [9.17, 15) is 10.1 Å². The zero-order chi connectivity index (χ0) is 13.6. The van der Waals surface area contributed by atoms with Crippen molar-refractivity contribution in [1.82, 2.24) is 0 Å². The van der Waals surface area contributed by atoms with Crippen LogP contribution in [0.5, 0.6) is 0 Å². The van der Waals surface area contributed by atoms with Crippen molar-refractivity contribution in [2.75, 3.05) is 11.9 Å². The molecule has 0 amide bonds. The first-order valence-corrected chi connectivity index (χ1v) is 6.25. The molecule has 4 heteroatoms. The second-order valence-corrected chi connectivity index (χ2v) is 6.18. The Labute approximate surface area is 108 Å². The zero-order valence-electron chi connectivity index (χ0n) is 11.4. The third kappa shape index (κ3) is 1.96. The maximum absolute atomic E-state index is 10.5. The van der Waals surface area contributed by atoms with Crippen molar-refractivity contribution in [2.24, 2.45) is 16.7 Å². The standard InChI is InChI=1S/C14H20N2O2/c1-13(2)12(14(13,3)4)9-15-10-5-7-11(8-6-10)16(17)18/h5-8,12,15H,9H2,1-4H3. The second kappa shape index (κ2) is 3.97. The number of nitro groups is 1. The Bertz CT molecular complexity index is 449. The fourth-order valence-electron chi connectivity index (χ4n) is 2.76. The van der Waals surface area contributed by atoms with Crippen molar-refractivity contribution in [1.29, 1.82) is 0 Å². The molecule has 0 heterocycles. The fourth-order valence-corrected chi connectivity index (χ4v) is 2.76. The molecular formula is C14H20N2O2. The minimum absolute atomic E-state index is 0.132. The predicted octanol–water partition coefficient (Wildman–Crippen LogP) is 3.69. The van der Waals surface area contributed by atoms with E-state index >= 15 is 0 Å². The number of non-ortho nitro benzene ring substituents is 1. The van der Waals surface area contributed by atoms with Crippen molar-refractivity contribution < 1.29 is 4.92 Å². The Kier molecular flexibility index (Phi) is 2.84. The maximum Gasteiger partial charge on any atom is 0.269 e. The smallest absolute Gasteiger partial charge is 0.269 e. The fraction of sp³-hybridized carbons (Fsp3) is 0.571. The minimum Gasteiger partial charge on any atom is -0.385 e. The number of benzene rings is 1. The molecule has 4 nitrogen and oxygen atoms in total. The van der Waals surface area contributed by atoms with E-state index in [-0.39, 0.29) is 10.6 Å². The van der Waals surface area contributed by atoms with Crippen LogP contribution in [0.3, 0.4) is 0 Å². The third-order valence-corrected chi connectivity index (χ3v) is 4.91. The number of hydrogen-bond acceptors (Lipinski definition) is 3. The molecule has 1 aromatic carbocycles. The topological polar surface area (TPSA) is 55.2 Å². The first kappa shape index (κ1) is 12.9. The van der Waals surface area contributed by atoms with Crippen LogP contribution in [0.2, 0.25) is 0 Å². The van der Waals surface area contributed by atoms with Crippen LogP contribution in [0.15, 0.2) is 24.3 Å². The number of hydrogen-bond donors (Lipinski definition) is 1. The summed E-state index contributed by atoms with van der Waals surface area (Å²) in [5.74, 6) is 0.639. The molecule has 0 radical (unpaired) electrons. The second-order valence-electron chi connectivity index (χ2n) is 6.18. The summed E-state index contributed by atoms with van der Waals surface area (Å²) >= 11 is 0. The molecule has 0 spiro atoms. The molecule has 0 aromatic heterocycles. The summed E-state index contributed by atoms with van der Waals surface area (Å²) in [4.78, 5) is 10.2. The SMILES string of the molecule is CC1(C)C(CNc2ccc([N+](=O)[O-])cc2)C1(C)C. The number of rotatable bonds is 4. The molecule has 2 rings (SSSR count). The number of anilines is 1. The number of nitro benzene ring substituents is 1. The predicted molar refractivity (Wildman–Crippen MR) is 72.6 cm³/mol. The lowest BCUT2D eigenvalue weighted by atomic mass is 10.0. The molecular weight excluding hydrogens is 228 g/mol. The van der Waals surface area contributed by atoms with Crippen LogP contribution in [0.25, 0.3) is 0 Å². The van der Waals surface area contributed by atoms with Crippen molar-refractivity contribution in [3.63, 3.8) is 0 Å². The van der Waals surface area contributed by atoms with Gasteiger partial charge in [0.15, 0.2) is 0 Å². The van der Waals surface area contributed by atoms with Gasteiger partial charge in [-0.25, -0.2) is 0 Å². The lowest BCUT2D eigenvalue weighted by molar-refractivity contribution is -0.384. The Hall–Kier alpha value is -1.58. The normalized spacial score (nSPS) is 20.4. The van der Waals surface area contributed by atoms with Gasteiger partial charge in [0.2, 0.25) is 0 Å². The first-order chi connectivity index (χ1) is 8.26. The Morgan fingerprint density at radius 2 is 1.67 bits per heavy atom. The zero-order valence-corrected chi connectivity index (χ0v) is 11.4. The molecule has 0 bridgehead atoms. The molecule has 0 aliphatic heterocycles. The van der Waals surface area contributed by atoms with Gasteiger partial charge in [-0.2, -0.15) is 0 Å². The van der Waals surface area contributed by atoms with Gasteiger partial charge >= 0.3 is 0 Å². The highest BCUT2D eigenvalue weighted by Crippen LogP contribution is 2.68. The minimum atomic E-state index is -0.378. The molecule has 1 aromatic rings. The van der Waals surface area contributed by atoms with Gasteiger partial charge in [-0.15, -0.1) is 0 Å². The Morgan fingerprint density at radius 3 is 2.06 bits per heavy atom. The van der Waals surface area contributed by atoms with E-state index in [1.54, 1.807) is 12.1 Å². The van der Waals surface area contributed by atoms with Crippen molar-refractivity contribution in [3.05, 3.63) is 34.4 Å². The summed E-state index contributed by atoms with van der Waals surface area (Å²) in [6, 6.07) is 6.60. The van der Waals surface area contributed by atoms with Crippen molar-refractivity contribution in [2.45, 2.75) is 27.7 Å². The van der Waals surface area contributed by atoms with E-state index in [4.69, 9.17) is 0 Å². The largest absolute Gasteiger partial charge is 0.385 e. The molecule has 1 fully saturated rings. The van der Waals surface area contributed by atoms with Gasteiger partial charge < -0.3 is 5.32 Å². The van der Waals surface area contributed by atoms with E-state index in [0.717, 1.165) is 12.2 Å². The highest BCUT2D eigenvalue weighted by atomic mass is 16.6. The summed E-state index contributed by atoms with van der Waals surface area (Å²) in [6.45, 7) is 10.1. The van der Waals surface area contributed by atoms with E-state index in [0.29, 0.717) is 16.7 Å². The van der Waals surface area contributed by atoms with Crippen LogP contribution >= 0.6 is 0 Å². The van der Waals surface area contributed by atoms with Crippen LogP contribution in [-0.4, -0.2) is 11.5 Å². The summed E-state index contributed by atoms with van der Waals surface area (Å²) in [7, 11) is 0.